The summed E-state index contributed by atoms with van der Waals surface area (Å²) < 4.78 is 0. The maximum atomic E-state index is 9.74. The zero-order valence-electron chi connectivity index (χ0n) is 11.2. The van der Waals surface area contributed by atoms with Crippen molar-refractivity contribution in [3.05, 3.63) is 33.8 Å². The Hall–Kier alpha value is -0.240. The van der Waals surface area contributed by atoms with Gasteiger partial charge in [-0.15, -0.1) is 0 Å². The van der Waals surface area contributed by atoms with Crippen LogP contribution in [-0.2, 0) is 6.42 Å². The van der Waals surface area contributed by atoms with Gasteiger partial charge in [0.05, 0.1) is 0 Å². The Bertz CT molecular complexity index is 373. The lowest BCUT2D eigenvalue weighted by Crippen LogP contribution is -2.27. The Balaban J connectivity index is 2.88. The van der Waals surface area contributed by atoms with Crippen LogP contribution in [-0.4, -0.2) is 11.7 Å². The molecular weight excluding hydrogens is 267 g/mol. The zero-order chi connectivity index (χ0) is 13.6. The third-order valence-electron chi connectivity index (χ3n) is 3.73. The molecule has 1 atom stereocenters. The molecule has 0 fully saturated rings. The van der Waals surface area contributed by atoms with Gasteiger partial charge in [-0.2, -0.15) is 0 Å². The van der Waals surface area contributed by atoms with Gasteiger partial charge in [-0.25, -0.2) is 0 Å². The fraction of sp³-hybridized carbons (Fsp3) is 0.600. The van der Waals surface area contributed by atoms with Crippen molar-refractivity contribution in [3.63, 3.8) is 0 Å². The highest BCUT2D eigenvalue weighted by molar-refractivity contribution is 6.35. The van der Waals surface area contributed by atoms with Crippen molar-refractivity contribution in [1.29, 1.82) is 0 Å². The molecule has 1 rings (SSSR count). The molecule has 0 aliphatic heterocycles. The van der Waals surface area contributed by atoms with Crippen LogP contribution in [0.1, 0.15) is 45.1 Å². The van der Waals surface area contributed by atoms with Gasteiger partial charge in [-0.1, -0.05) is 56.0 Å². The minimum Gasteiger partial charge on any atom is -0.396 e. The van der Waals surface area contributed by atoms with Gasteiger partial charge < -0.3 is 5.11 Å². The largest absolute Gasteiger partial charge is 0.396 e. The van der Waals surface area contributed by atoms with Crippen molar-refractivity contribution in [3.8, 4) is 0 Å². The maximum Gasteiger partial charge on any atom is 0.0490 e. The lowest BCUT2D eigenvalue weighted by molar-refractivity contribution is 0.107. The molecular formula is C15H22Cl2O. The van der Waals surface area contributed by atoms with E-state index in [0.29, 0.717) is 10.0 Å². The molecule has 18 heavy (non-hydrogen) atoms. The number of hydrogen-bond donors (Lipinski definition) is 1. The zero-order valence-corrected chi connectivity index (χ0v) is 12.7. The molecule has 102 valence electrons. The number of benzene rings is 1. The summed E-state index contributed by atoms with van der Waals surface area (Å²) in [6.07, 6.45) is 5.10. The minimum atomic E-state index is -0.0481. The summed E-state index contributed by atoms with van der Waals surface area (Å²) in [5, 5.41) is 11.1. The third kappa shape index (κ3) is 4.15. The molecule has 0 aliphatic carbocycles. The molecule has 0 saturated carbocycles. The van der Waals surface area contributed by atoms with Crippen molar-refractivity contribution in [2.45, 2.75) is 46.0 Å². The SMILES string of the molecule is CCCCC(CC)(CO)Cc1ccc(Cl)cc1Cl. The third-order valence-corrected chi connectivity index (χ3v) is 4.31. The highest BCUT2D eigenvalue weighted by Gasteiger charge is 2.27. The van der Waals surface area contributed by atoms with Gasteiger partial charge in [0.25, 0.3) is 0 Å². The van der Waals surface area contributed by atoms with Crippen LogP contribution < -0.4 is 0 Å². The number of hydrogen-bond acceptors (Lipinski definition) is 1. The average molecular weight is 289 g/mol. The van der Waals surface area contributed by atoms with E-state index >= 15 is 0 Å². The van der Waals surface area contributed by atoms with Gasteiger partial charge >= 0.3 is 0 Å². The standard InChI is InChI=1S/C15H22Cl2O/c1-3-5-8-15(4-2,11-18)10-12-6-7-13(16)9-14(12)17/h6-7,9,18H,3-5,8,10-11H2,1-2H3. The molecule has 1 N–H and O–H groups in total. The molecule has 0 aliphatic rings. The predicted octanol–water partition coefficient (Wildman–Crippen LogP) is 5.11. The lowest BCUT2D eigenvalue weighted by Gasteiger charge is -2.31. The number of aliphatic hydroxyl groups excluding tert-OH is 1. The quantitative estimate of drug-likeness (QED) is 0.739. The van der Waals surface area contributed by atoms with E-state index in [0.717, 1.165) is 37.7 Å². The van der Waals surface area contributed by atoms with Crippen LogP contribution in [0.25, 0.3) is 0 Å². The first kappa shape index (κ1) is 15.8. The summed E-state index contributed by atoms with van der Waals surface area (Å²) >= 11 is 12.1. The van der Waals surface area contributed by atoms with Gasteiger partial charge in [0.15, 0.2) is 0 Å². The Morgan fingerprint density at radius 2 is 1.94 bits per heavy atom. The van der Waals surface area contributed by atoms with E-state index in [1.165, 1.54) is 0 Å². The molecule has 0 spiro atoms. The first-order chi connectivity index (χ1) is 8.56. The minimum absolute atomic E-state index is 0.0481. The van der Waals surface area contributed by atoms with Gasteiger partial charge in [-0.05, 0) is 42.4 Å². The van der Waals surface area contributed by atoms with Crippen LogP contribution in [0.15, 0.2) is 18.2 Å². The Morgan fingerprint density at radius 3 is 2.44 bits per heavy atom. The molecule has 3 heteroatoms. The van der Waals surface area contributed by atoms with Crippen molar-refractivity contribution in [1.82, 2.24) is 0 Å². The predicted molar refractivity (Wildman–Crippen MR) is 79.5 cm³/mol. The van der Waals surface area contributed by atoms with Crippen molar-refractivity contribution < 1.29 is 5.11 Å². The summed E-state index contributed by atoms with van der Waals surface area (Å²) in [4.78, 5) is 0. The molecule has 1 aromatic carbocycles. The van der Waals surface area contributed by atoms with E-state index in [9.17, 15) is 5.11 Å². The second-order valence-corrected chi connectivity index (χ2v) is 5.87. The van der Waals surface area contributed by atoms with Crippen LogP contribution in [0.3, 0.4) is 0 Å². The van der Waals surface area contributed by atoms with Crippen LogP contribution in [0.2, 0.25) is 10.0 Å². The summed E-state index contributed by atoms with van der Waals surface area (Å²) in [5.74, 6) is 0. The second-order valence-electron chi connectivity index (χ2n) is 5.03. The molecule has 0 bridgehead atoms. The molecule has 0 heterocycles. The monoisotopic (exact) mass is 288 g/mol. The van der Waals surface area contributed by atoms with Crippen molar-refractivity contribution in [2.24, 2.45) is 5.41 Å². The summed E-state index contributed by atoms with van der Waals surface area (Å²) in [7, 11) is 0. The van der Waals surface area contributed by atoms with E-state index in [2.05, 4.69) is 13.8 Å². The van der Waals surface area contributed by atoms with E-state index in [1.807, 2.05) is 12.1 Å². The molecule has 1 nitrogen and oxygen atoms in total. The molecule has 1 aromatic rings. The smallest absolute Gasteiger partial charge is 0.0490 e. The Kier molecular flexibility index (Phi) is 6.48. The van der Waals surface area contributed by atoms with Crippen LogP contribution in [0, 0.1) is 5.41 Å². The topological polar surface area (TPSA) is 20.2 Å². The van der Waals surface area contributed by atoms with Crippen molar-refractivity contribution in [2.75, 3.05) is 6.61 Å². The number of unbranched alkanes of at least 4 members (excludes halogenated alkanes) is 1. The number of halogens is 2. The summed E-state index contributed by atoms with van der Waals surface area (Å²) in [6.45, 7) is 4.52. The first-order valence-electron chi connectivity index (χ1n) is 6.61. The summed E-state index contributed by atoms with van der Waals surface area (Å²) in [5.41, 5.74) is 1.03. The van der Waals surface area contributed by atoms with Gasteiger partial charge in [0.1, 0.15) is 0 Å². The Labute approximate surface area is 120 Å². The average Bonchev–Trinajstić information content (AvgIpc) is 2.37. The second kappa shape index (κ2) is 7.37. The van der Waals surface area contributed by atoms with E-state index in [1.54, 1.807) is 6.07 Å². The fourth-order valence-electron chi connectivity index (χ4n) is 2.26. The summed E-state index contributed by atoms with van der Waals surface area (Å²) in [6, 6.07) is 5.60. The van der Waals surface area contributed by atoms with Crippen LogP contribution in [0.4, 0.5) is 0 Å². The van der Waals surface area contributed by atoms with E-state index in [-0.39, 0.29) is 12.0 Å². The van der Waals surface area contributed by atoms with E-state index in [4.69, 9.17) is 23.2 Å². The first-order valence-corrected chi connectivity index (χ1v) is 7.37. The normalized spacial score (nSPS) is 14.5. The van der Waals surface area contributed by atoms with Gasteiger partial charge in [-0.3, -0.25) is 0 Å². The Morgan fingerprint density at radius 1 is 1.22 bits per heavy atom. The molecule has 0 radical (unpaired) electrons. The van der Waals surface area contributed by atoms with Gasteiger partial charge in [0, 0.05) is 16.7 Å². The van der Waals surface area contributed by atoms with Crippen LogP contribution in [0.5, 0.6) is 0 Å². The molecule has 0 aromatic heterocycles. The lowest BCUT2D eigenvalue weighted by atomic mass is 9.76. The molecule has 1 unspecified atom stereocenters. The number of rotatable bonds is 7. The van der Waals surface area contributed by atoms with Crippen LogP contribution >= 0.6 is 23.2 Å². The maximum absolute atomic E-state index is 9.74. The highest BCUT2D eigenvalue weighted by atomic mass is 35.5. The number of aliphatic hydroxyl groups is 1. The molecule has 0 saturated heterocycles. The van der Waals surface area contributed by atoms with Crippen molar-refractivity contribution >= 4 is 23.2 Å². The molecule has 0 amide bonds. The highest BCUT2D eigenvalue weighted by Crippen LogP contribution is 2.35. The van der Waals surface area contributed by atoms with E-state index < -0.39 is 0 Å². The fourth-order valence-corrected chi connectivity index (χ4v) is 2.73. The van der Waals surface area contributed by atoms with Gasteiger partial charge in [0.2, 0.25) is 0 Å².